The van der Waals surface area contributed by atoms with Crippen molar-refractivity contribution in [2.24, 2.45) is 5.73 Å². The Kier molecular flexibility index (Phi) is 4.93. The van der Waals surface area contributed by atoms with Crippen LogP contribution in [0.5, 0.6) is 0 Å². The zero-order valence-corrected chi connectivity index (χ0v) is 11.4. The Hall–Kier alpha value is -1.65. The Morgan fingerprint density at radius 3 is 2.15 bits per heavy atom. The standard InChI is InChI=1S/C15H15ClF2N2/c16-12-3-1-2-4-13(12)20-14(9-19)10-5-7-11(8-6-10)15(17)18/h1-8,14-15,20H,9,19H2. The second-order valence-corrected chi connectivity index (χ2v) is 4.79. The second kappa shape index (κ2) is 6.68. The van der Waals surface area contributed by atoms with Crippen molar-refractivity contribution in [3.8, 4) is 0 Å². The van der Waals surface area contributed by atoms with Gasteiger partial charge in [0.1, 0.15) is 0 Å². The van der Waals surface area contributed by atoms with Crippen LogP contribution < -0.4 is 11.1 Å². The van der Waals surface area contributed by atoms with Crippen LogP contribution in [0.2, 0.25) is 5.02 Å². The van der Waals surface area contributed by atoms with Gasteiger partial charge in [-0.1, -0.05) is 48.0 Å². The predicted octanol–water partition coefficient (Wildman–Crippen LogP) is 4.39. The van der Waals surface area contributed by atoms with Gasteiger partial charge in [0.05, 0.1) is 16.8 Å². The topological polar surface area (TPSA) is 38.0 Å². The number of benzene rings is 2. The van der Waals surface area contributed by atoms with E-state index < -0.39 is 6.43 Å². The number of anilines is 1. The monoisotopic (exact) mass is 296 g/mol. The van der Waals surface area contributed by atoms with E-state index >= 15 is 0 Å². The van der Waals surface area contributed by atoms with Crippen molar-refractivity contribution in [2.45, 2.75) is 12.5 Å². The Morgan fingerprint density at radius 1 is 1.00 bits per heavy atom. The number of para-hydroxylation sites is 1. The number of nitrogens with one attached hydrogen (secondary N) is 1. The molecule has 2 rings (SSSR count). The first kappa shape index (κ1) is 14.8. The van der Waals surface area contributed by atoms with E-state index in [1.165, 1.54) is 12.1 Å². The van der Waals surface area contributed by atoms with Crippen molar-refractivity contribution in [1.82, 2.24) is 0 Å². The minimum absolute atomic E-state index is 0.00210. The lowest BCUT2D eigenvalue weighted by Crippen LogP contribution is -2.20. The van der Waals surface area contributed by atoms with Gasteiger partial charge in [-0.3, -0.25) is 0 Å². The molecule has 0 aliphatic carbocycles. The smallest absolute Gasteiger partial charge is 0.263 e. The summed E-state index contributed by atoms with van der Waals surface area (Å²) in [5.74, 6) is 0. The van der Waals surface area contributed by atoms with Gasteiger partial charge in [0.15, 0.2) is 0 Å². The maximum absolute atomic E-state index is 12.5. The molecule has 1 atom stereocenters. The zero-order chi connectivity index (χ0) is 14.5. The highest BCUT2D eigenvalue weighted by Crippen LogP contribution is 2.27. The predicted molar refractivity (Wildman–Crippen MR) is 78.3 cm³/mol. The molecule has 20 heavy (non-hydrogen) atoms. The quantitative estimate of drug-likeness (QED) is 0.859. The third-order valence-electron chi connectivity index (χ3n) is 3.03. The van der Waals surface area contributed by atoms with Gasteiger partial charge in [0.2, 0.25) is 0 Å². The van der Waals surface area contributed by atoms with Gasteiger partial charge >= 0.3 is 0 Å². The molecule has 0 saturated heterocycles. The van der Waals surface area contributed by atoms with E-state index in [1.807, 2.05) is 18.2 Å². The Labute approximate surface area is 121 Å². The molecule has 0 heterocycles. The first-order valence-corrected chi connectivity index (χ1v) is 6.58. The molecule has 0 aliphatic heterocycles. The first-order chi connectivity index (χ1) is 9.61. The van der Waals surface area contributed by atoms with E-state index in [-0.39, 0.29) is 11.6 Å². The Balaban J connectivity index is 2.18. The summed E-state index contributed by atoms with van der Waals surface area (Å²) in [5.41, 5.74) is 7.36. The minimum atomic E-state index is -2.46. The van der Waals surface area contributed by atoms with Gasteiger partial charge in [-0.2, -0.15) is 0 Å². The molecule has 3 N–H and O–H groups in total. The molecule has 0 bridgehead atoms. The molecule has 106 valence electrons. The highest BCUT2D eigenvalue weighted by Gasteiger charge is 2.12. The summed E-state index contributed by atoms with van der Waals surface area (Å²) in [6.45, 7) is 0.333. The van der Waals surface area contributed by atoms with Crippen LogP contribution in [0.25, 0.3) is 0 Å². The van der Waals surface area contributed by atoms with E-state index in [0.717, 1.165) is 11.3 Å². The van der Waals surface area contributed by atoms with Gasteiger partial charge in [-0.05, 0) is 17.7 Å². The van der Waals surface area contributed by atoms with E-state index in [9.17, 15) is 8.78 Å². The molecule has 2 nitrogen and oxygen atoms in total. The van der Waals surface area contributed by atoms with E-state index in [4.69, 9.17) is 17.3 Å². The van der Waals surface area contributed by atoms with E-state index in [2.05, 4.69) is 5.32 Å². The number of rotatable bonds is 5. The van der Waals surface area contributed by atoms with Gasteiger partial charge < -0.3 is 11.1 Å². The van der Waals surface area contributed by atoms with Crippen LogP contribution in [0.1, 0.15) is 23.6 Å². The van der Waals surface area contributed by atoms with Crippen molar-refractivity contribution in [2.75, 3.05) is 11.9 Å². The van der Waals surface area contributed by atoms with Crippen molar-refractivity contribution < 1.29 is 8.78 Å². The molecule has 2 aromatic rings. The average Bonchev–Trinajstić information content (AvgIpc) is 2.46. The third-order valence-corrected chi connectivity index (χ3v) is 3.36. The lowest BCUT2D eigenvalue weighted by molar-refractivity contribution is 0.151. The number of alkyl halides is 2. The van der Waals surface area contributed by atoms with Crippen LogP contribution >= 0.6 is 11.6 Å². The fraction of sp³-hybridized carbons (Fsp3) is 0.200. The SMILES string of the molecule is NCC(Nc1ccccc1Cl)c1ccc(C(F)F)cc1. The lowest BCUT2D eigenvalue weighted by Gasteiger charge is -2.19. The molecule has 0 radical (unpaired) electrons. The number of nitrogens with two attached hydrogens (primary N) is 1. The summed E-state index contributed by atoms with van der Waals surface area (Å²) in [5, 5.41) is 3.81. The highest BCUT2D eigenvalue weighted by atomic mass is 35.5. The summed E-state index contributed by atoms with van der Waals surface area (Å²) >= 11 is 6.08. The van der Waals surface area contributed by atoms with Crippen LogP contribution in [0.3, 0.4) is 0 Å². The Bertz CT molecular complexity index is 558. The normalized spacial score (nSPS) is 12.4. The molecule has 0 saturated carbocycles. The fourth-order valence-corrected chi connectivity index (χ4v) is 2.11. The first-order valence-electron chi connectivity index (χ1n) is 6.21. The van der Waals surface area contributed by atoms with Crippen LogP contribution in [0.4, 0.5) is 14.5 Å². The lowest BCUT2D eigenvalue weighted by atomic mass is 10.0. The summed E-state index contributed by atoms with van der Waals surface area (Å²) in [4.78, 5) is 0. The van der Waals surface area contributed by atoms with Gasteiger partial charge in [0.25, 0.3) is 6.43 Å². The minimum Gasteiger partial charge on any atom is -0.376 e. The summed E-state index contributed by atoms with van der Waals surface area (Å²) in [7, 11) is 0. The summed E-state index contributed by atoms with van der Waals surface area (Å²) in [6, 6.07) is 13.3. The van der Waals surface area contributed by atoms with Gasteiger partial charge in [-0.25, -0.2) is 8.78 Å². The largest absolute Gasteiger partial charge is 0.376 e. The van der Waals surface area contributed by atoms with Crippen molar-refractivity contribution in [3.63, 3.8) is 0 Å². The summed E-state index contributed by atoms with van der Waals surface area (Å²) in [6.07, 6.45) is -2.46. The molecule has 0 aromatic heterocycles. The molecular formula is C15H15ClF2N2. The van der Waals surface area contributed by atoms with Gasteiger partial charge in [0, 0.05) is 12.1 Å². The van der Waals surface area contributed by atoms with Crippen molar-refractivity contribution >= 4 is 17.3 Å². The number of hydrogen-bond donors (Lipinski definition) is 2. The van der Waals surface area contributed by atoms with Crippen LogP contribution in [0, 0.1) is 0 Å². The molecule has 1 unspecified atom stereocenters. The Morgan fingerprint density at radius 2 is 1.60 bits per heavy atom. The number of hydrogen-bond acceptors (Lipinski definition) is 2. The van der Waals surface area contributed by atoms with Crippen molar-refractivity contribution in [1.29, 1.82) is 0 Å². The molecule has 5 heteroatoms. The maximum atomic E-state index is 12.5. The molecule has 0 spiro atoms. The maximum Gasteiger partial charge on any atom is 0.263 e. The van der Waals surface area contributed by atoms with E-state index in [1.54, 1.807) is 18.2 Å². The molecule has 0 aliphatic rings. The highest BCUT2D eigenvalue weighted by molar-refractivity contribution is 6.33. The molecular weight excluding hydrogens is 282 g/mol. The molecule has 0 amide bonds. The molecule has 0 fully saturated rings. The zero-order valence-electron chi connectivity index (χ0n) is 10.7. The summed E-state index contributed by atoms with van der Waals surface area (Å²) < 4.78 is 25.0. The fourth-order valence-electron chi connectivity index (χ4n) is 1.92. The second-order valence-electron chi connectivity index (χ2n) is 4.38. The van der Waals surface area contributed by atoms with Crippen LogP contribution in [-0.2, 0) is 0 Å². The van der Waals surface area contributed by atoms with Gasteiger partial charge in [-0.15, -0.1) is 0 Å². The number of halogens is 3. The average molecular weight is 297 g/mol. The van der Waals surface area contributed by atoms with Crippen molar-refractivity contribution in [3.05, 3.63) is 64.7 Å². The van der Waals surface area contributed by atoms with Crippen LogP contribution in [-0.4, -0.2) is 6.54 Å². The van der Waals surface area contributed by atoms with Crippen LogP contribution in [0.15, 0.2) is 48.5 Å². The molecule has 2 aromatic carbocycles. The van der Waals surface area contributed by atoms with E-state index in [0.29, 0.717) is 11.6 Å². The third kappa shape index (κ3) is 3.46.